The van der Waals surface area contributed by atoms with Crippen LogP contribution in [-0.2, 0) is 24.7 Å². The second-order valence-electron chi connectivity index (χ2n) is 6.55. The number of nitrogens with zero attached hydrogens (tertiary/aromatic N) is 2. The monoisotopic (exact) mass is 389 g/mol. The number of hydrogen-bond acceptors (Lipinski definition) is 6. The van der Waals surface area contributed by atoms with Gasteiger partial charge in [0, 0.05) is 25.1 Å². The molecule has 0 aliphatic carbocycles. The Morgan fingerprint density at radius 1 is 1.25 bits per heavy atom. The lowest BCUT2D eigenvalue weighted by molar-refractivity contribution is -0.153. The molecule has 1 aromatic rings. The van der Waals surface area contributed by atoms with Crippen molar-refractivity contribution in [1.29, 1.82) is 0 Å². The topological polar surface area (TPSA) is 105 Å². The van der Waals surface area contributed by atoms with Crippen molar-refractivity contribution in [2.75, 3.05) is 32.8 Å². The number of urea groups is 1. The average molecular weight is 389 g/mol. The fraction of sp³-hybridized carbons (Fsp3) is 0.474. The molecule has 2 aliphatic rings. The highest BCUT2D eigenvalue weighted by atomic mass is 16.5. The second kappa shape index (κ2) is 7.87. The minimum Gasteiger partial charge on any atom is -0.493 e. The van der Waals surface area contributed by atoms with E-state index in [0.717, 1.165) is 4.90 Å². The number of imide groups is 1. The molecule has 4 amide bonds. The van der Waals surface area contributed by atoms with Gasteiger partial charge in [-0.3, -0.25) is 19.3 Å². The fourth-order valence-electron chi connectivity index (χ4n) is 3.50. The van der Waals surface area contributed by atoms with Crippen molar-refractivity contribution in [2.24, 2.45) is 0 Å². The molecule has 2 aliphatic heterocycles. The van der Waals surface area contributed by atoms with E-state index in [1.165, 1.54) is 4.90 Å². The summed E-state index contributed by atoms with van der Waals surface area (Å²) >= 11 is 0. The predicted octanol–water partition coefficient (Wildman–Crippen LogP) is 0.628. The maximum Gasteiger partial charge on any atom is 0.326 e. The van der Waals surface area contributed by atoms with Gasteiger partial charge in [-0.2, -0.15) is 0 Å². The van der Waals surface area contributed by atoms with Crippen molar-refractivity contribution < 1.29 is 28.7 Å². The van der Waals surface area contributed by atoms with Gasteiger partial charge in [-0.15, -0.1) is 0 Å². The van der Waals surface area contributed by atoms with Gasteiger partial charge in [0.2, 0.25) is 0 Å². The van der Waals surface area contributed by atoms with E-state index < -0.39 is 36.6 Å². The molecule has 3 rings (SSSR count). The van der Waals surface area contributed by atoms with E-state index in [2.05, 4.69) is 5.32 Å². The van der Waals surface area contributed by atoms with Crippen LogP contribution in [0.5, 0.6) is 5.75 Å². The summed E-state index contributed by atoms with van der Waals surface area (Å²) < 4.78 is 10.5. The molecule has 0 saturated carbocycles. The lowest BCUT2D eigenvalue weighted by Crippen LogP contribution is -2.47. The van der Waals surface area contributed by atoms with Gasteiger partial charge >= 0.3 is 12.0 Å². The van der Waals surface area contributed by atoms with Crippen LogP contribution >= 0.6 is 0 Å². The third-order valence-electron chi connectivity index (χ3n) is 5.02. The molecule has 2 heterocycles. The lowest BCUT2D eigenvalue weighted by Gasteiger charge is -2.33. The van der Waals surface area contributed by atoms with Crippen LogP contribution in [0.3, 0.4) is 0 Å². The molecule has 9 heteroatoms. The zero-order valence-corrected chi connectivity index (χ0v) is 15.9. The first kappa shape index (κ1) is 19.7. The molecule has 1 spiro atoms. The number of hydrogen-bond donors (Lipinski definition) is 1. The van der Waals surface area contributed by atoms with Gasteiger partial charge in [-0.05, 0) is 19.9 Å². The van der Waals surface area contributed by atoms with Crippen molar-refractivity contribution in [3.8, 4) is 5.75 Å². The molecule has 1 aromatic carbocycles. The first-order valence-electron chi connectivity index (χ1n) is 9.22. The van der Waals surface area contributed by atoms with E-state index in [9.17, 15) is 19.2 Å². The Balaban J connectivity index is 1.68. The van der Waals surface area contributed by atoms with Gasteiger partial charge in [0.25, 0.3) is 11.8 Å². The van der Waals surface area contributed by atoms with E-state index in [0.29, 0.717) is 24.4 Å². The third-order valence-corrected chi connectivity index (χ3v) is 5.02. The standard InChI is InChI=1S/C19H23N3O6/c1-3-21(4-2)15(23)12-28-16(24)11-22-17(25)19(20-18(22)26)9-10-27-14-8-6-5-7-13(14)19/h5-8H,3-4,9-12H2,1-2H3,(H,20,26)/t19-/m0/s1. The first-order valence-corrected chi connectivity index (χ1v) is 9.22. The van der Waals surface area contributed by atoms with Gasteiger partial charge in [0.05, 0.1) is 6.61 Å². The maximum atomic E-state index is 13.0. The van der Waals surface area contributed by atoms with E-state index >= 15 is 0 Å². The van der Waals surface area contributed by atoms with Gasteiger partial charge in [-0.1, -0.05) is 18.2 Å². The van der Waals surface area contributed by atoms with Gasteiger partial charge in [0.15, 0.2) is 12.1 Å². The van der Waals surface area contributed by atoms with E-state index in [4.69, 9.17) is 9.47 Å². The molecule has 0 aromatic heterocycles. The van der Waals surface area contributed by atoms with Gasteiger partial charge < -0.3 is 19.7 Å². The highest BCUT2D eigenvalue weighted by Crippen LogP contribution is 2.40. The van der Waals surface area contributed by atoms with Crippen LogP contribution in [0.1, 0.15) is 25.8 Å². The Morgan fingerprint density at radius 2 is 1.96 bits per heavy atom. The van der Waals surface area contributed by atoms with E-state index in [-0.39, 0.29) is 18.9 Å². The van der Waals surface area contributed by atoms with Crippen molar-refractivity contribution in [2.45, 2.75) is 25.8 Å². The van der Waals surface area contributed by atoms with Crippen LogP contribution in [0.2, 0.25) is 0 Å². The predicted molar refractivity (Wildman–Crippen MR) is 97.4 cm³/mol. The largest absolute Gasteiger partial charge is 0.493 e. The minimum atomic E-state index is -1.25. The Hall–Kier alpha value is -3.10. The van der Waals surface area contributed by atoms with Crippen molar-refractivity contribution >= 4 is 23.8 Å². The van der Waals surface area contributed by atoms with Crippen LogP contribution in [0.25, 0.3) is 0 Å². The SMILES string of the molecule is CCN(CC)C(=O)COC(=O)CN1C(=O)N[C@]2(CCOc3ccccc32)C1=O. The Labute approximate surface area is 162 Å². The Kier molecular flexibility index (Phi) is 5.53. The van der Waals surface area contributed by atoms with Gasteiger partial charge in [-0.25, -0.2) is 4.79 Å². The minimum absolute atomic E-state index is 0.264. The number of ether oxygens (including phenoxy) is 2. The summed E-state index contributed by atoms with van der Waals surface area (Å²) in [6.45, 7) is 3.93. The number of carbonyl (C=O) groups is 4. The summed E-state index contributed by atoms with van der Waals surface area (Å²) in [6.07, 6.45) is 0.264. The van der Waals surface area contributed by atoms with Crippen molar-refractivity contribution in [1.82, 2.24) is 15.1 Å². The number of carbonyl (C=O) groups excluding carboxylic acids is 4. The normalized spacial score (nSPS) is 20.4. The first-order chi connectivity index (χ1) is 13.4. The third kappa shape index (κ3) is 3.39. The molecule has 1 atom stereocenters. The number of benzene rings is 1. The molecular formula is C19H23N3O6. The molecular weight excluding hydrogens is 366 g/mol. The molecule has 0 radical (unpaired) electrons. The van der Waals surface area contributed by atoms with E-state index in [1.807, 2.05) is 13.8 Å². The number of para-hydroxylation sites is 1. The number of esters is 1. The van der Waals surface area contributed by atoms with Crippen LogP contribution in [0.4, 0.5) is 4.79 Å². The summed E-state index contributed by atoms with van der Waals surface area (Å²) in [5.41, 5.74) is -0.685. The summed E-state index contributed by atoms with van der Waals surface area (Å²) in [6, 6.07) is 6.31. The number of nitrogens with one attached hydrogen (secondary N) is 1. The highest BCUT2D eigenvalue weighted by Gasteiger charge is 2.55. The zero-order valence-electron chi connectivity index (χ0n) is 15.9. The van der Waals surface area contributed by atoms with Crippen molar-refractivity contribution in [3.63, 3.8) is 0 Å². The molecule has 0 unspecified atom stereocenters. The highest BCUT2D eigenvalue weighted by molar-refractivity contribution is 6.09. The van der Waals surface area contributed by atoms with Crippen molar-refractivity contribution in [3.05, 3.63) is 29.8 Å². The smallest absolute Gasteiger partial charge is 0.326 e. The van der Waals surface area contributed by atoms with Crippen LogP contribution in [0, 0.1) is 0 Å². The lowest BCUT2D eigenvalue weighted by atomic mass is 9.84. The fourth-order valence-corrected chi connectivity index (χ4v) is 3.50. The van der Waals surface area contributed by atoms with E-state index in [1.54, 1.807) is 24.3 Å². The molecule has 1 saturated heterocycles. The number of amides is 4. The number of rotatable bonds is 6. The molecule has 1 fully saturated rings. The second-order valence-corrected chi connectivity index (χ2v) is 6.55. The molecule has 1 N–H and O–H groups in total. The molecule has 150 valence electrons. The number of likely N-dealkylation sites (N-methyl/N-ethyl adjacent to an activating group) is 1. The quantitative estimate of drug-likeness (QED) is 0.565. The summed E-state index contributed by atoms with van der Waals surface area (Å²) in [7, 11) is 0. The summed E-state index contributed by atoms with van der Waals surface area (Å²) in [5, 5.41) is 2.71. The summed E-state index contributed by atoms with van der Waals surface area (Å²) in [5.74, 6) is -1.15. The summed E-state index contributed by atoms with van der Waals surface area (Å²) in [4.78, 5) is 51.8. The van der Waals surface area contributed by atoms with Crippen LogP contribution < -0.4 is 10.1 Å². The maximum absolute atomic E-state index is 13.0. The van der Waals surface area contributed by atoms with Gasteiger partial charge in [0.1, 0.15) is 12.3 Å². The van der Waals surface area contributed by atoms with Crippen LogP contribution in [-0.4, -0.2) is 66.5 Å². The molecule has 0 bridgehead atoms. The zero-order chi connectivity index (χ0) is 20.3. The number of fused-ring (bicyclic) bond motifs is 2. The Bertz CT molecular complexity index is 807. The van der Waals surface area contributed by atoms with Crippen LogP contribution in [0.15, 0.2) is 24.3 Å². The molecule has 9 nitrogen and oxygen atoms in total. The average Bonchev–Trinajstić information content (AvgIpc) is 2.92. The molecule has 28 heavy (non-hydrogen) atoms. The Morgan fingerprint density at radius 3 is 2.68 bits per heavy atom.